The van der Waals surface area contributed by atoms with Gasteiger partial charge in [-0.15, -0.1) is 0 Å². The Hall–Kier alpha value is -0.570. The van der Waals surface area contributed by atoms with E-state index in [4.69, 9.17) is 5.11 Å². The van der Waals surface area contributed by atoms with Crippen molar-refractivity contribution in [1.29, 1.82) is 0 Å². The van der Waals surface area contributed by atoms with E-state index in [0.29, 0.717) is 0 Å². The first-order valence-electron chi connectivity index (χ1n) is 4.98. The number of hydrogen-bond donors (Lipinski definition) is 1. The Labute approximate surface area is 79.7 Å². The first-order valence-corrected chi connectivity index (χ1v) is 4.98. The summed E-state index contributed by atoms with van der Waals surface area (Å²) in [6.45, 7) is 5.25. The lowest BCUT2D eigenvalue weighted by atomic mass is 9.92. The van der Waals surface area contributed by atoms with Crippen LogP contribution in [0, 0.1) is 5.41 Å². The zero-order valence-corrected chi connectivity index (χ0v) is 8.55. The molecule has 0 aromatic rings. The molecule has 0 aliphatic carbocycles. The van der Waals surface area contributed by atoms with E-state index < -0.39 is 5.41 Å². The summed E-state index contributed by atoms with van der Waals surface area (Å²) in [6.07, 6.45) is 3.43. The molecule has 0 saturated carbocycles. The largest absolute Gasteiger partial charge is 0.395 e. The quantitative estimate of drug-likeness (QED) is 0.697. The fraction of sp³-hybridized carbons (Fsp3) is 0.900. The zero-order valence-electron chi connectivity index (χ0n) is 8.55. The molecule has 3 nitrogen and oxygen atoms in total. The predicted molar refractivity (Wildman–Crippen MR) is 51.3 cm³/mol. The van der Waals surface area contributed by atoms with Gasteiger partial charge < -0.3 is 10.0 Å². The van der Waals surface area contributed by atoms with Gasteiger partial charge in [-0.3, -0.25) is 4.79 Å². The maximum atomic E-state index is 11.8. The van der Waals surface area contributed by atoms with Crippen molar-refractivity contribution in [1.82, 2.24) is 4.90 Å². The van der Waals surface area contributed by atoms with Crippen LogP contribution in [0.4, 0.5) is 0 Å². The second-order valence-corrected chi connectivity index (χ2v) is 4.39. The van der Waals surface area contributed by atoms with Crippen LogP contribution in [0.1, 0.15) is 33.1 Å². The van der Waals surface area contributed by atoms with Crippen molar-refractivity contribution < 1.29 is 9.90 Å². The number of carbonyl (C=O) groups excluding carboxylic acids is 1. The number of hydrogen-bond acceptors (Lipinski definition) is 2. The van der Waals surface area contributed by atoms with Gasteiger partial charge in [0.05, 0.1) is 12.0 Å². The molecule has 0 bridgehead atoms. The zero-order chi connectivity index (χ0) is 9.90. The van der Waals surface area contributed by atoms with Crippen molar-refractivity contribution in [2.75, 3.05) is 19.7 Å². The summed E-state index contributed by atoms with van der Waals surface area (Å²) < 4.78 is 0. The molecular formula is C10H19NO2. The van der Waals surface area contributed by atoms with Crippen molar-refractivity contribution in [3.05, 3.63) is 0 Å². The third-order valence-corrected chi connectivity index (χ3v) is 2.62. The molecule has 76 valence electrons. The third kappa shape index (κ3) is 2.44. The molecule has 13 heavy (non-hydrogen) atoms. The number of amides is 1. The highest BCUT2D eigenvalue weighted by Crippen LogP contribution is 2.20. The van der Waals surface area contributed by atoms with Crippen LogP contribution in [0.2, 0.25) is 0 Å². The number of aliphatic hydroxyl groups is 1. The first-order chi connectivity index (χ1) is 6.08. The molecule has 3 heteroatoms. The van der Waals surface area contributed by atoms with Gasteiger partial charge in [-0.05, 0) is 33.1 Å². The molecule has 0 unspecified atom stereocenters. The number of aliphatic hydroxyl groups excluding tert-OH is 1. The van der Waals surface area contributed by atoms with Crippen LogP contribution in [0.25, 0.3) is 0 Å². The number of nitrogens with zero attached hydrogens (tertiary/aromatic N) is 1. The van der Waals surface area contributed by atoms with E-state index in [9.17, 15) is 4.79 Å². The Balaban J connectivity index is 2.55. The molecule has 0 aromatic carbocycles. The number of carbonyl (C=O) groups is 1. The van der Waals surface area contributed by atoms with Crippen molar-refractivity contribution in [3.8, 4) is 0 Å². The minimum Gasteiger partial charge on any atom is -0.395 e. The number of likely N-dealkylation sites (tertiary alicyclic amines) is 1. The van der Waals surface area contributed by atoms with E-state index in [2.05, 4.69) is 0 Å². The first kappa shape index (κ1) is 10.5. The average Bonchev–Trinajstić information content (AvgIpc) is 2.18. The van der Waals surface area contributed by atoms with Gasteiger partial charge in [-0.2, -0.15) is 0 Å². The van der Waals surface area contributed by atoms with Crippen LogP contribution < -0.4 is 0 Å². The summed E-state index contributed by atoms with van der Waals surface area (Å²) in [5.74, 6) is 0.0923. The minimum absolute atomic E-state index is 0.0671. The molecule has 1 rings (SSSR count). The summed E-state index contributed by atoms with van der Waals surface area (Å²) >= 11 is 0. The molecule has 1 amide bonds. The molecule has 1 saturated heterocycles. The molecule has 0 spiro atoms. The molecular weight excluding hydrogens is 166 g/mol. The summed E-state index contributed by atoms with van der Waals surface area (Å²) in [4.78, 5) is 13.7. The van der Waals surface area contributed by atoms with E-state index in [1.165, 1.54) is 6.42 Å². The topological polar surface area (TPSA) is 40.5 Å². The van der Waals surface area contributed by atoms with Gasteiger partial charge in [-0.25, -0.2) is 0 Å². The number of piperidine rings is 1. The second-order valence-electron chi connectivity index (χ2n) is 4.39. The van der Waals surface area contributed by atoms with Crippen molar-refractivity contribution >= 4 is 5.91 Å². The Bertz CT molecular complexity index is 183. The van der Waals surface area contributed by atoms with Gasteiger partial charge in [-0.1, -0.05) is 0 Å². The standard InChI is InChI=1S/C10H19NO2/c1-10(2,8-12)9(13)11-6-4-3-5-7-11/h12H,3-8H2,1-2H3. The van der Waals surface area contributed by atoms with Crippen LogP contribution in [-0.2, 0) is 4.79 Å². The SMILES string of the molecule is CC(C)(CO)C(=O)N1CCCCC1. The Kier molecular flexibility index (Phi) is 3.31. The molecule has 1 N–H and O–H groups in total. The molecule has 0 aromatic heterocycles. The minimum atomic E-state index is -0.600. The van der Waals surface area contributed by atoms with E-state index in [1.807, 2.05) is 4.90 Å². The van der Waals surface area contributed by atoms with Crippen molar-refractivity contribution in [3.63, 3.8) is 0 Å². The summed E-state index contributed by atoms with van der Waals surface area (Å²) in [5.41, 5.74) is -0.600. The van der Waals surface area contributed by atoms with Crippen molar-refractivity contribution in [2.24, 2.45) is 5.41 Å². The van der Waals surface area contributed by atoms with Gasteiger partial charge in [0.2, 0.25) is 5.91 Å². The lowest BCUT2D eigenvalue weighted by Crippen LogP contribution is -2.45. The Morgan fingerprint density at radius 1 is 1.31 bits per heavy atom. The average molecular weight is 185 g/mol. The van der Waals surface area contributed by atoms with Gasteiger partial charge in [0.15, 0.2) is 0 Å². The van der Waals surface area contributed by atoms with Crippen molar-refractivity contribution in [2.45, 2.75) is 33.1 Å². The third-order valence-electron chi connectivity index (χ3n) is 2.62. The molecule has 0 radical (unpaired) electrons. The maximum Gasteiger partial charge on any atom is 0.230 e. The van der Waals surface area contributed by atoms with E-state index in [0.717, 1.165) is 25.9 Å². The molecule has 1 aliphatic rings. The molecule has 0 atom stereocenters. The van der Waals surface area contributed by atoms with Gasteiger partial charge in [0, 0.05) is 13.1 Å². The highest BCUT2D eigenvalue weighted by Gasteiger charge is 2.31. The summed E-state index contributed by atoms with van der Waals surface area (Å²) in [6, 6.07) is 0. The fourth-order valence-electron chi connectivity index (χ4n) is 1.59. The summed E-state index contributed by atoms with van der Waals surface area (Å²) in [7, 11) is 0. The lowest BCUT2D eigenvalue weighted by molar-refractivity contribution is -0.143. The Morgan fingerprint density at radius 3 is 2.31 bits per heavy atom. The summed E-state index contributed by atoms with van der Waals surface area (Å²) in [5, 5.41) is 9.05. The highest BCUT2D eigenvalue weighted by molar-refractivity contribution is 5.82. The van der Waals surface area contributed by atoms with E-state index in [1.54, 1.807) is 13.8 Å². The highest BCUT2D eigenvalue weighted by atomic mass is 16.3. The Morgan fingerprint density at radius 2 is 1.85 bits per heavy atom. The normalized spacial score (nSPS) is 18.8. The van der Waals surface area contributed by atoms with Crippen LogP contribution in [0.5, 0.6) is 0 Å². The molecule has 1 aliphatic heterocycles. The van der Waals surface area contributed by atoms with Crippen LogP contribution in [-0.4, -0.2) is 35.6 Å². The fourth-order valence-corrected chi connectivity index (χ4v) is 1.59. The van der Waals surface area contributed by atoms with E-state index in [-0.39, 0.29) is 12.5 Å². The van der Waals surface area contributed by atoms with Crippen LogP contribution in [0.3, 0.4) is 0 Å². The van der Waals surface area contributed by atoms with Gasteiger partial charge in [0.25, 0.3) is 0 Å². The monoisotopic (exact) mass is 185 g/mol. The predicted octanol–water partition coefficient (Wildman–Crippen LogP) is 1.02. The maximum absolute atomic E-state index is 11.8. The molecule has 1 heterocycles. The van der Waals surface area contributed by atoms with Gasteiger partial charge in [0.1, 0.15) is 0 Å². The van der Waals surface area contributed by atoms with Crippen LogP contribution >= 0.6 is 0 Å². The van der Waals surface area contributed by atoms with E-state index >= 15 is 0 Å². The van der Waals surface area contributed by atoms with Crippen LogP contribution in [0.15, 0.2) is 0 Å². The van der Waals surface area contributed by atoms with Gasteiger partial charge >= 0.3 is 0 Å². The molecule has 1 fully saturated rings. The second kappa shape index (κ2) is 4.09. The smallest absolute Gasteiger partial charge is 0.230 e. The lowest BCUT2D eigenvalue weighted by Gasteiger charge is -2.33. The number of rotatable bonds is 2.